The molecular weight excluding hydrogens is 184 g/mol. The summed E-state index contributed by atoms with van der Waals surface area (Å²) in [5.74, 6) is 0.684. The van der Waals surface area contributed by atoms with Gasteiger partial charge in [-0.25, -0.2) is 0 Å². The topological polar surface area (TPSA) is 49.8 Å². The summed E-state index contributed by atoms with van der Waals surface area (Å²) < 4.78 is 0. The maximum atomic E-state index is 8.89. The molecule has 0 spiro atoms. The van der Waals surface area contributed by atoms with Gasteiger partial charge in [0, 0.05) is 6.04 Å². The van der Waals surface area contributed by atoms with Crippen LogP contribution in [0.25, 0.3) is 0 Å². The minimum absolute atomic E-state index is 0.0900. The highest BCUT2D eigenvalue weighted by molar-refractivity contribution is 5.30. The summed E-state index contributed by atoms with van der Waals surface area (Å²) in [6.45, 7) is 1.98. The van der Waals surface area contributed by atoms with Gasteiger partial charge in [0.15, 0.2) is 0 Å². The van der Waals surface area contributed by atoms with Crippen LogP contribution in [-0.4, -0.2) is 0 Å². The smallest absolute Gasteiger partial charge is 0.0662 e. The third-order valence-electron chi connectivity index (χ3n) is 3.33. The van der Waals surface area contributed by atoms with E-state index in [1.807, 2.05) is 6.92 Å². The molecule has 1 aromatic rings. The van der Waals surface area contributed by atoms with E-state index >= 15 is 0 Å². The van der Waals surface area contributed by atoms with Crippen LogP contribution in [0.4, 0.5) is 0 Å². The van der Waals surface area contributed by atoms with Crippen LogP contribution in [0, 0.1) is 17.2 Å². The van der Waals surface area contributed by atoms with Crippen molar-refractivity contribution in [1.82, 2.24) is 0 Å². The van der Waals surface area contributed by atoms with Crippen LogP contribution in [0.2, 0.25) is 0 Å². The second-order valence-corrected chi connectivity index (χ2v) is 4.37. The molecule has 0 aliphatic heterocycles. The predicted molar refractivity (Wildman–Crippen MR) is 60.1 cm³/mol. The average molecular weight is 200 g/mol. The highest BCUT2D eigenvalue weighted by atomic mass is 14.6. The van der Waals surface area contributed by atoms with Gasteiger partial charge in [-0.1, -0.05) is 24.3 Å². The van der Waals surface area contributed by atoms with E-state index in [2.05, 4.69) is 30.3 Å². The van der Waals surface area contributed by atoms with E-state index < -0.39 is 0 Å². The molecule has 1 aliphatic carbocycles. The first-order valence-corrected chi connectivity index (χ1v) is 5.47. The van der Waals surface area contributed by atoms with Crippen molar-refractivity contribution in [3.63, 3.8) is 0 Å². The SMILES string of the molecule is CC(N)c1ccc(C2CCC2C#N)cc1. The molecule has 3 unspecified atom stereocenters. The predicted octanol–water partition coefficient (Wildman–Crippen LogP) is 2.72. The van der Waals surface area contributed by atoms with Gasteiger partial charge in [0.2, 0.25) is 0 Å². The highest BCUT2D eigenvalue weighted by Crippen LogP contribution is 2.41. The van der Waals surface area contributed by atoms with E-state index in [4.69, 9.17) is 11.0 Å². The summed E-state index contributed by atoms with van der Waals surface area (Å²) in [4.78, 5) is 0. The van der Waals surface area contributed by atoms with Crippen molar-refractivity contribution < 1.29 is 0 Å². The summed E-state index contributed by atoms with van der Waals surface area (Å²) in [7, 11) is 0. The monoisotopic (exact) mass is 200 g/mol. The number of nitriles is 1. The van der Waals surface area contributed by atoms with Crippen LogP contribution >= 0.6 is 0 Å². The zero-order valence-electron chi connectivity index (χ0n) is 8.98. The standard InChI is InChI=1S/C13H16N2/c1-9(15)10-2-4-11(5-3-10)13-7-6-12(13)8-14/h2-5,9,12-13H,6-7,15H2,1H3. The Morgan fingerprint density at radius 3 is 2.40 bits per heavy atom. The number of benzene rings is 1. The number of nitrogens with zero attached hydrogens (tertiary/aromatic N) is 1. The number of hydrogen-bond donors (Lipinski definition) is 1. The average Bonchev–Trinajstić information content (AvgIpc) is 2.17. The first kappa shape index (κ1) is 10.2. The van der Waals surface area contributed by atoms with E-state index in [-0.39, 0.29) is 12.0 Å². The molecule has 15 heavy (non-hydrogen) atoms. The van der Waals surface area contributed by atoms with Crippen molar-refractivity contribution in [2.75, 3.05) is 0 Å². The second-order valence-electron chi connectivity index (χ2n) is 4.37. The number of rotatable bonds is 2. The fourth-order valence-corrected chi connectivity index (χ4v) is 2.10. The van der Waals surface area contributed by atoms with Crippen LogP contribution in [-0.2, 0) is 0 Å². The van der Waals surface area contributed by atoms with Crippen molar-refractivity contribution in [3.05, 3.63) is 35.4 Å². The van der Waals surface area contributed by atoms with Crippen LogP contribution in [0.1, 0.15) is 42.9 Å². The van der Waals surface area contributed by atoms with Gasteiger partial charge in [-0.15, -0.1) is 0 Å². The highest BCUT2D eigenvalue weighted by Gasteiger charge is 2.31. The molecule has 1 aromatic carbocycles. The molecule has 2 nitrogen and oxygen atoms in total. The molecule has 0 aromatic heterocycles. The molecule has 3 atom stereocenters. The van der Waals surface area contributed by atoms with Gasteiger partial charge < -0.3 is 5.73 Å². The third kappa shape index (κ3) is 1.88. The van der Waals surface area contributed by atoms with Crippen molar-refractivity contribution >= 4 is 0 Å². The van der Waals surface area contributed by atoms with Crippen molar-refractivity contribution in [2.45, 2.75) is 31.7 Å². The lowest BCUT2D eigenvalue weighted by Gasteiger charge is -2.31. The van der Waals surface area contributed by atoms with E-state index in [1.54, 1.807) is 0 Å². The summed E-state index contributed by atoms with van der Waals surface area (Å²) in [6.07, 6.45) is 2.20. The third-order valence-corrected chi connectivity index (χ3v) is 3.33. The lowest BCUT2D eigenvalue weighted by atomic mass is 9.71. The lowest BCUT2D eigenvalue weighted by Crippen LogP contribution is -2.22. The summed E-state index contributed by atoms with van der Waals surface area (Å²) in [6, 6.07) is 10.8. The van der Waals surface area contributed by atoms with E-state index in [1.165, 1.54) is 5.56 Å². The molecule has 1 saturated carbocycles. The van der Waals surface area contributed by atoms with E-state index in [9.17, 15) is 0 Å². The van der Waals surface area contributed by atoms with E-state index in [0.717, 1.165) is 18.4 Å². The van der Waals surface area contributed by atoms with Gasteiger partial charge in [0.25, 0.3) is 0 Å². The lowest BCUT2D eigenvalue weighted by molar-refractivity contribution is 0.325. The normalized spacial score (nSPS) is 26.5. The Bertz CT molecular complexity index is 373. The zero-order chi connectivity index (χ0) is 10.8. The minimum Gasteiger partial charge on any atom is -0.324 e. The molecule has 1 aliphatic rings. The van der Waals surface area contributed by atoms with Gasteiger partial charge in [-0.3, -0.25) is 0 Å². The Morgan fingerprint density at radius 1 is 1.33 bits per heavy atom. The Balaban J connectivity index is 2.14. The maximum absolute atomic E-state index is 8.89. The number of nitrogens with two attached hydrogens (primary N) is 1. The Hall–Kier alpha value is -1.33. The largest absolute Gasteiger partial charge is 0.324 e. The van der Waals surface area contributed by atoms with E-state index in [0.29, 0.717) is 5.92 Å². The molecule has 0 bridgehead atoms. The van der Waals surface area contributed by atoms with Crippen LogP contribution in [0.5, 0.6) is 0 Å². The first-order chi connectivity index (χ1) is 7.22. The molecule has 1 fully saturated rings. The molecule has 2 rings (SSSR count). The molecule has 78 valence electrons. The molecule has 2 heteroatoms. The van der Waals surface area contributed by atoms with Crippen molar-refractivity contribution in [3.8, 4) is 6.07 Å². The van der Waals surface area contributed by atoms with Crippen LogP contribution < -0.4 is 5.73 Å². The number of hydrogen-bond acceptors (Lipinski definition) is 2. The summed E-state index contributed by atoms with van der Waals surface area (Å²) in [5.41, 5.74) is 8.24. The van der Waals surface area contributed by atoms with Gasteiger partial charge in [0.1, 0.15) is 0 Å². The Morgan fingerprint density at radius 2 is 2.00 bits per heavy atom. The molecule has 0 amide bonds. The minimum atomic E-state index is 0.0900. The van der Waals surface area contributed by atoms with Gasteiger partial charge >= 0.3 is 0 Å². The second kappa shape index (κ2) is 4.04. The molecule has 0 radical (unpaired) electrons. The Labute approximate surface area is 90.7 Å². The van der Waals surface area contributed by atoms with Crippen molar-refractivity contribution in [2.24, 2.45) is 11.7 Å². The first-order valence-electron chi connectivity index (χ1n) is 5.47. The Kier molecular flexibility index (Phi) is 2.75. The molecular formula is C13H16N2. The van der Waals surface area contributed by atoms with Crippen LogP contribution in [0.15, 0.2) is 24.3 Å². The molecule has 0 heterocycles. The van der Waals surface area contributed by atoms with Crippen molar-refractivity contribution in [1.29, 1.82) is 5.26 Å². The molecule has 0 saturated heterocycles. The quantitative estimate of drug-likeness (QED) is 0.798. The van der Waals surface area contributed by atoms with Gasteiger partial charge in [0.05, 0.1) is 12.0 Å². The molecule has 2 N–H and O–H groups in total. The van der Waals surface area contributed by atoms with Gasteiger partial charge in [-0.05, 0) is 36.8 Å². The summed E-state index contributed by atoms with van der Waals surface area (Å²) >= 11 is 0. The fourth-order valence-electron chi connectivity index (χ4n) is 2.10. The maximum Gasteiger partial charge on any atom is 0.0662 e. The van der Waals surface area contributed by atoms with Crippen LogP contribution in [0.3, 0.4) is 0 Å². The fraction of sp³-hybridized carbons (Fsp3) is 0.462. The van der Waals surface area contributed by atoms with Gasteiger partial charge in [-0.2, -0.15) is 5.26 Å². The zero-order valence-corrected chi connectivity index (χ0v) is 8.98. The summed E-state index contributed by atoms with van der Waals surface area (Å²) in [5, 5.41) is 8.89.